The molecule has 3 rings (SSSR count). The highest BCUT2D eigenvalue weighted by Crippen LogP contribution is 2.19. The quantitative estimate of drug-likeness (QED) is 0.526. The van der Waals surface area contributed by atoms with Crippen molar-refractivity contribution < 1.29 is 18.8 Å². The fourth-order valence-corrected chi connectivity index (χ4v) is 2.89. The molecule has 0 aliphatic heterocycles. The van der Waals surface area contributed by atoms with Crippen LogP contribution in [0.25, 0.3) is 5.69 Å². The number of anilines is 1. The second-order valence-corrected chi connectivity index (χ2v) is 7.69. The van der Waals surface area contributed by atoms with Gasteiger partial charge in [-0.05, 0) is 61.4 Å². The summed E-state index contributed by atoms with van der Waals surface area (Å²) in [7, 11) is 0. The van der Waals surface area contributed by atoms with Crippen LogP contribution in [0.1, 0.15) is 52.1 Å². The first-order valence-electron chi connectivity index (χ1n) is 10.0. The van der Waals surface area contributed by atoms with Crippen LogP contribution >= 0.6 is 0 Å². The number of hydrogen-bond donors (Lipinski definition) is 3. The smallest absolute Gasteiger partial charge is 0.271 e. The topological polar surface area (TPSA) is 119 Å². The second kappa shape index (κ2) is 9.42. The van der Waals surface area contributed by atoms with E-state index >= 15 is 0 Å². The van der Waals surface area contributed by atoms with Crippen LogP contribution in [0.5, 0.6) is 0 Å². The van der Waals surface area contributed by atoms with Gasteiger partial charge in [-0.2, -0.15) is 0 Å². The number of carbonyl (C=O) groups excluding carboxylic acids is 3. The first-order chi connectivity index (χ1) is 15.2. The van der Waals surface area contributed by atoms with Crippen molar-refractivity contribution in [3.8, 4) is 5.69 Å². The van der Waals surface area contributed by atoms with Crippen molar-refractivity contribution in [2.24, 2.45) is 11.7 Å². The van der Waals surface area contributed by atoms with Gasteiger partial charge in [-0.25, -0.2) is 9.37 Å². The molecule has 0 radical (unpaired) electrons. The third-order valence-corrected chi connectivity index (χ3v) is 5.08. The minimum atomic E-state index is -0.811. The fourth-order valence-electron chi connectivity index (χ4n) is 2.89. The summed E-state index contributed by atoms with van der Waals surface area (Å²) in [6.07, 6.45) is 1.35. The lowest BCUT2D eigenvalue weighted by Crippen LogP contribution is -2.38. The average molecular weight is 437 g/mol. The monoisotopic (exact) mass is 437 g/mol. The van der Waals surface area contributed by atoms with E-state index in [0.29, 0.717) is 16.9 Å². The van der Waals surface area contributed by atoms with Gasteiger partial charge < -0.3 is 16.4 Å². The maximum atomic E-state index is 13.0. The number of primary amides is 1. The normalized spacial score (nSPS) is 11.8. The molecule has 9 heteroatoms. The number of nitrogens with two attached hydrogens (primary N) is 1. The first-order valence-corrected chi connectivity index (χ1v) is 10.0. The van der Waals surface area contributed by atoms with Crippen molar-refractivity contribution in [3.05, 3.63) is 77.6 Å². The molecule has 0 spiro atoms. The molecule has 0 bridgehead atoms. The second-order valence-electron chi connectivity index (χ2n) is 7.69. The highest BCUT2D eigenvalue weighted by atomic mass is 19.1. The van der Waals surface area contributed by atoms with E-state index in [0.717, 1.165) is 0 Å². The van der Waals surface area contributed by atoms with Gasteiger partial charge in [0.25, 0.3) is 17.7 Å². The minimum absolute atomic E-state index is 0.0353. The Morgan fingerprint density at radius 1 is 0.969 bits per heavy atom. The fraction of sp³-hybridized carbons (Fsp3) is 0.217. The number of nitrogens with zero attached hydrogens (tertiary/aromatic N) is 2. The van der Waals surface area contributed by atoms with E-state index < -0.39 is 17.6 Å². The van der Waals surface area contributed by atoms with E-state index in [1.807, 2.05) is 20.8 Å². The Labute approximate surface area is 184 Å². The lowest BCUT2D eigenvalue weighted by atomic mass is 10.1. The van der Waals surface area contributed by atoms with Crippen LogP contribution in [0.15, 0.2) is 54.9 Å². The van der Waals surface area contributed by atoms with E-state index in [-0.39, 0.29) is 29.3 Å². The maximum Gasteiger partial charge on any atom is 0.271 e. The van der Waals surface area contributed by atoms with Gasteiger partial charge in [0, 0.05) is 23.0 Å². The summed E-state index contributed by atoms with van der Waals surface area (Å²) in [5.41, 5.74) is 6.68. The van der Waals surface area contributed by atoms with Gasteiger partial charge in [-0.15, -0.1) is 0 Å². The summed E-state index contributed by atoms with van der Waals surface area (Å²) in [6, 6.07) is 11.7. The van der Waals surface area contributed by atoms with E-state index in [9.17, 15) is 18.8 Å². The van der Waals surface area contributed by atoms with Crippen LogP contribution < -0.4 is 16.4 Å². The van der Waals surface area contributed by atoms with Gasteiger partial charge in [0.05, 0.1) is 0 Å². The number of nitrogens with one attached hydrogen (secondary N) is 2. The number of benzene rings is 2. The van der Waals surface area contributed by atoms with Gasteiger partial charge in [0.15, 0.2) is 5.69 Å². The number of halogens is 1. The third kappa shape index (κ3) is 5.00. The molecule has 1 atom stereocenters. The van der Waals surface area contributed by atoms with Gasteiger partial charge in [-0.3, -0.25) is 19.0 Å². The molecule has 0 saturated carbocycles. The lowest BCUT2D eigenvalue weighted by molar-refractivity contribution is 0.0909. The van der Waals surface area contributed by atoms with E-state index in [1.54, 1.807) is 24.3 Å². The molecule has 8 nitrogen and oxygen atoms in total. The zero-order chi connectivity index (χ0) is 23.4. The van der Waals surface area contributed by atoms with Crippen molar-refractivity contribution in [1.29, 1.82) is 0 Å². The largest absolute Gasteiger partial charge is 0.364 e. The van der Waals surface area contributed by atoms with Crippen LogP contribution in [0.2, 0.25) is 0 Å². The summed E-state index contributed by atoms with van der Waals surface area (Å²) in [5, 5.41) is 5.57. The van der Waals surface area contributed by atoms with E-state index in [2.05, 4.69) is 15.6 Å². The van der Waals surface area contributed by atoms with Crippen molar-refractivity contribution in [3.63, 3.8) is 0 Å². The summed E-state index contributed by atoms with van der Waals surface area (Å²) >= 11 is 0. The first kappa shape index (κ1) is 22.7. The Bertz CT molecular complexity index is 1140. The minimum Gasteiger partial charge on any atom is -0.364 e. The van der Waals surface area contributed by atoms with Gasteiger partial charge in [0.1, 0.15) is 17.8 Å². The molecule has 32 heavy (non-hydrogen) atoms. The summed E-state index contributed by atoms with van der Waals surface area (Å²) in [5.74, 6) is -1.90. The maximum absolute atomic E-state index is 13.0. The molecule has 1 heterocycles. The average Bonchev–Trinajstić information content (AvgIpc) is 3.20. The Hall–Kier alpha value is -4.01. The van der Waals surface area contributed by atoms with Crippen LogP contribution in [0.3, 0.4) is 0 Å². The standard InChI is InChI=1S/C23H24FN5O3/c1-13(2)14(3)27-23(32)20-19(21(25)30)26-12-29(20)18-10-8-17(9-11-18)28-22(31)15-4-6-16(24)7-5-15/h4-14H,1-3H3,(H2,25,30)(H,27,32)(H,28,31)/t14-/m1/s1. The Morgan fingerprint density at radius 2 is 1.59 bits per heavy atom. The van der Waals surface area contributed by atoms with Gasteiger partial charge in [0.2, 0.25) is 0 Å². The molecule has 3 aromatic rings. The van der Waals surface area contributed by atoms with Gasteiger partial charge >= 0.3 is 0 Å². The predicted octanol–water partition coefficient (Wildman–Crippen LogP) is 3.14. The molecule has 2 aromatic carbocycles. The van der Waals surface area contributed by atoms with Gasteiger partial charge in [-0.1, -0.05) is 13.8 Å². The number of hydrogen-bond acceptors (Lipinski definition) is 4. The number of aromatic nitrogens is 2. The number of rotatable bonds is 7. The number of amides is 3. The Morgan fingerprint density at radius 3 is 2.16 bits per heavy atom. The SMILES string of the molecule is CC(C)[C@@H](C)NC(=O)c1c(C(N)=O)ncn1-c1ccc(NC(=O)c2ccc(F)cc2)cc1. The molecule has 166 valence electrons. The molecule has 4 N–H and O–H groups in total. The zero-order valence-corrected chi connectivity index (χ0v) is 17.9. The van der Waals surface area contributed by atoms with Crippen LogP contribution in [-0.2, 0) is 0 Å². The Balaban J connectivity index is 1.85. The molecule has 3 amide bonds. The van der Waals surface area contributed by atoms with Crippen LogP contribution in [0.4, 0.5) is 10.1 Å². The molecule has 0 unspecified atom stereocenters. The Kier molecular flexibility index (Phi) is 6.67. The number of carbonyl (C=O) groups is 3. The van der Waals surface area contributed by atoms with Crippen molar-refractivity contribution in [2.75, 3.05) is 5.32 Å². The predicted molar refractivity (Wildman–Crippen MR) is 118 cm³/mol. The van der Waals surface area contributed by atoms with Crippen LogP contribution in [0, 0.1) is 11.7 Å². The number of imidazole rings is 1. The lowest BCUT2D eigenvalue weighted by Gasteiger charge is -2.18. The summed E-state index contributed by atoms with van der Waals surface area (Å²) in [6.45, 7) is 5.80. The summed E-state index contributed by atoms with van der Waals surface area (Å²) in [4.78, 5) is 41.0. The molecular formula is C23H24FN5O3. The molecule has 0 fully saturated rings. The molecular weight excluding hydrogens is 413 g/mol. The molecule has 0 saturated heterocycles. The van der Waals surface area contributed by atoms with E-state index in [1.165, 1.54) is 35.2 Å². The van der Waals surface area contributed by atoms with Crippen LogP contribution in [-0.4, -0.2) is 33.3 Å². The van der Waals surface area contributed by atoms with Crippen molar-refractivity contribution in [2.45, 2.75) is 26.8 Å². The van der Waals surface area contributed by atoms with E-state index in [4.69, 9.17) is 5.73 Å². The highest BCUT2D eigenvalue weighted by molar-refractivity contribution is 6.05. The summed E-state index contributed by atoms with van der Waals surface area (Å²) < 4.78 is 14.5. The molecule has 0 aliphatic carbocycles. The highest BCUT2D eigenvalue weighted by Gasteiger charge is 2.24. The zero-order valence-electron chi connectivity index (χ0n) is 17.9. The molecule has 0 aliphatic rings. The van der Waals surface area contributed by atoms with Crippen molar-refractivity contribution >= 4 is 23.4 Å². The molecule has 1 aromatic heterocycles. The third-order valence-electron chi connectivity index (χ3n) is 5.08. The van der Waals surface area contributed by atoms with Crippen molar-refractivity contribution in [1.82, 2.24) is 14.9 Å².